The van der Waals surface area contributed by atoms with Crippen LogP contribution in [0.15, 0.2) is 11.6 Å². The zero-order valence-corrected chi connectivity index (χ0v) is 18.5. The lowest BCUT2D eigenvalue weighted by molar-refractivity contribution is 0.0179. The van der Waals surface area contributed by atoms with Crippen molar-refractivity contribution >= 4 is 0 Å². The molecule has 0 aromatic carbocycles. The van der Waals surface area contributed by atoms with Crippen molar-refractivity contribution in [3.8, 4) is 0 Å². The predicted octanol–water partition coefficient (Wildman–Crippen LogP) is 7.26. The lowest BCUT2D eigenvalue weighted by Crippen LogP contribution is -2.42. The SMILES string of the molecule is COC1CCC2C(=CCC3C2CCC2C(C(C)CCCC(C)C)CCC23)C1. The number of ether oxygens (including phenoxy) is 1. The van der Waals surface area contributed by atoms with E-state index in [1.54, 1.807) is 18.4 Å². The van der Waals surface area contributed by atoms with Crippen molar-refractivity contribution in [1.29, 1.82) is 0 Å². The van der Waals surface area contributed by atoms with E-state index in [0.717, 1.165) is 47.3 Å². The molecule has 3 saturated carbocycles. The van der Waals surface area contributed by atoms with Crippen molar-refractivity contribution in [1.82, 2.24) is 0 Å². The second kappa shape index (κ2) is 8.60. The Bertz CT molecular complexity index is 520. The Morgan fingerprint density at radius 1 is 0.889 bits per heavy atom. The average Bonchev–Trinajstić information content (AvgIpc) is 3.11. The predicted molar refractivity (Wildman–Crippen MR) is 115 cm³/mol. The molecule has 27 heavy (non-hydrogen) atoms. The summed E-state index contributed by atoms with van der Waals surface area (Å²) < 4.78 is 5.69. The summed E-state index contributed by atoms with van der Waals surface area (Å²) in [5, 5.41) is 0. The van der Waals surface area contributed by atoms with Gasteiger partial charge in [-0.05, 0) is 98.7 Å². The number of methoxy groups -OCH3 is 1. The van der Waals surface area contributed by atoms with Crippen LogP contribution in [0.3, 0.4) is 0 Å². The summed E-state index contributed by atoms with van der Waals surface area (Å²) in [6.45, 7) is 7.34. The highest BCUT2D eigenvalue weighted by Gasteiger charge is 2.50. The molecule has 0 bridgehead atoms. The average molecular weight is 373 g/mol. The second-order valence-corrected chi connectivity index (χ2v) is 11.0. The Kier molecular flexibility index (Phi) is 6.37. The summed E-state index contributed by atoms with van der Waals surface area (Å²) in [5.41, 5.74) is 1.78. The van der Waals surface area contributed by atoms with Crippen LogP contribution in [0.2, 0.25) is 0 Å². The van der Waals surface area contributed by atoms with Gasteiger partial charge >= 0.3 is 0 Å². The van der Waals surface area contributed by atoms with Crippen LogP contribution in [-0.4, -0.2) is 13.2 Å². The summed E-state index contributed by atoms with van der Waals surface area (Å²) in [6.07, 6.45) is 19.0. The zero-order valence-electron chi connectivity index (χ0n) is 18.5. The number of hydrogen-bond acceptors (Lipinski definition) is 1. The fourth-order valence-electron chi connectivity index (χ4n) is 7.90. The molecule has 4 rings (SSSR count). The first-order valence-electron chi connectivity index (χ1n) is 12.3. The monoisotopic (exact) mass is 372 g/mol. The fraction of sp³-hybridized carbons (Fsp3) is 0.923. The molecule has 0 amide bonds. The first-order chi connectivity index (χ1) is 13.1. The topological polar surface area (TPSA) is 9.23 Å². The van der Waals surface area contributed by atoms with E-state index in [0.29, 0.717) is 6.10 Å². The van der Waals surface area contributed by atoms with E-state index in [9.17, 15) is 0 Å². The Balaban J connectivity index is 1.38. The van der Waals surface area contributed by atoms with Gasteiger partial charge in [-0.1, -0.05) is 51.7 Å². The smallest absolute Gasteiger partial charge is 0.0608 e. The molecule has 1 nitrogen and oxygen atoms in total. The van der Waals surface area contributed by atoms with Gasteiger partial charge in [-0.25, -0.2) is 0 Å². The molecular formula is C26H44O. The summed E-state index contributed by atoms with van der Waals surface area (Å²) >= 11 is 0. The summed E-state index contributed by atoms with van der Waals surface area (Å²) in [6, 6.07) is 0. The van der Waals surface area contributed by atoms with Crippen LogP contribution in [0.25, 0.3) is 0 Å². The molecule has 0 aromatic rings. The number of rotatable bonds is 6. The Hall–Kier alpha value is -0.300. The Labute approximate surface area is 168 Å². The summed E-state index contributed by atoms with van der Waals surface area (Å²) in [4.78, 5) is 0. The first kappa shape index (κ1) is 20.0. The van der Waals surface area contributed by atoms with Crippen LogP contribution < -0.4 is 0 Å². The number of allylic oxidation sites excluding steroid dienone is 1. The second-order valence-electron chi connectivity index (χ2n) is 11.0. The lowest BCUT2D eigenvalue weighted by Gasteiger charge is -2.50. The van der Waals surface area contributed by atoms with E-state index in [-0.39, 0.29) is 0 Å². The third kappa shape index (κ3) is 4.05. The molecule has 8 atom stereocenters. The van der Waals surface area contributed by atoms with Crippen molar-refractivity contribution in [3.05, 3.63) is 11.6 Å². The minimum Gasteiger partial charge on any atom is -0.381 e. The Morgan fingerprint density at radius 2 is 1.67 bits per heavy atom. The van der Waals surface area contributed by atoms with E-state index < -0.39 is 0 Å². The Morgan fingerprint density at radius 3 is 2.44 bits per heavy atom. The van der Waals surface area contributed by atoms with Crippen molar-refractivity contribution in [3.63, 3.8) is 0 Å². The molecule has 3 fully saturated rings. The molecule has 0 N–H and O–H groups in total. The molecule has 0 radical (unpaired) electrons. The lowest BCUT2D eigenvalue weighted by atomic mass is 9.56. The molecule has 8 unspecified atom stereocenters. The molecule has 0 aliphatic heterocycles. The fourth-order valence-corrected chi connectivity index (χ4v) is 7.90. The van der Waals surface area contributed by atoms with E-state index in [2.05, 4.69) is 26.8 Å². The molecule has 154 valence electrons. The maximum atomic E-state index is 5.69. The van der Waals surface area contributed by atoms with E-state index in [1.165, 1.54) is 57.8 Å². The summed E-state index contributed by atoms with van der Waals surface area (Å²) in [7, 11) is 1.91. The normalized spacial score (nSPS) is 42.3. The van der Waals surface area contributed by atoms with Gasteiger partial charge < -0.3 is 4.74 Å². The maximum absolute atomic E-state index is 5.69. The van der Waals surface area contributed by atoms with Crippen LogP contribution >= 0.6 is 0 Å². The van der Waals surface area contributed by atoms with Crippen molar-refractivity contribution in [2.75, 3.05) is 7.11 Å². The molecular weight excluding hydrogens is 328 g/mol. The molecule has 0 heterocycles. The van der Waals surface area contributed by atoms with Gasteiger partial charge in [0.2, 0.25) is 0 Å². The highest BCUT2D eigenvalue weighted by atomic mass is 16.5. The van der Waals surface area contributed by atoms with Gasteiger partial charge in [0.15, 0.2) is 0 Å². The quantitative estimate of drug-likeness (QED) is 0.446. The van der Waals surface area contributed by atoms with Gasteiger partial charge in [0.25, 0.3) is 0 Å². The van der Waals surface area contributed by atoms with Gasteiger partial charge in [-0.3, -0.25) is 0 Å². The van der Waals surface area contributed by atoms with E-state index in [4.69, 9.17) is 4.74 Å². The molecule has 0 aromatic heterocycles. The van der Waals surface area contributed by atoms with E-state index in [1.807, 2.05) is 7.11 Å². The van der Waals surface area contributed by atoms with Crippen LogP contribution in [-0.2, 0) is 4.74 Å². The van der Waals surface area contributed by atoms with Crippen LogP contribution in [0.5, 0.6) is 0 Å². The van der Waals surface area contributed by atoms with Crippen LogP contribution in [0, 0.1) is 47.3 Å². The van der Waals surface area contributed by atoms with Crippen molar-refractivity contribution < 1.29 is 4.74 Å². The van der Waals surface area contributed by atoms with Gasteiger partial charge in [0.1, 0.15) is 0 Å². The number of hydrogen-bond donors (Lipinski definition) is 0. The number of fused-ring (bicyclic) bond motifs is 5. The van der Waals surface area contributed by atoms with Crippen molar-refractivity contribution in [2.24, 2.45) is 47.3 Å². The first-order valence-corrected chi connectivity index (χ1v) is 12.3. The largest absolute Gasteiger partial charge is 0.381 e. The maximum Gasteiger partial charge on any atom is 0.0608 e. The highest BCUT2D eigenvalue weighted by Crippen LogP contribution is 2.59. The molecule has 0 saturated heterocycles. The van der Waals surface area contributed by atoms with Gasteiger partial charge in [0.05, 0.1) is 6.10 Å². The van der Waals surface area contributed by atoms with Crippen LogP contribution in [0.4, 0.5) is 0 Å². The third-order valence-corrected chi connectivity index (χ3v) is 9.28. The van der Waals surface area contributed by atoms with Gasteiger partial charge in [-0.2, -0.15) is 0 Å². The minimum absolute atomic E-state index is 0.503. The molecule has 1 heteroatoms. The van der Waals surface area contributed by atoms with Gasteiger partial charge in [0, 0.05) is 7.11 Å². The third-order valence-electron chi connectivity index (χ3n) is 9.28. The molecule has 4 aliphatic rings. The van der Waals surface area contributed by atoms with E-state index >= 15 is 0 Å². The van der Waals surface area contributed by atoms with Gasteiger partial charge in [-0.15, -0.1) is 0 Å². The zero-order chi connectivity index (χ0) is 19.0. The summed E-state index contributed by atoms with van der Waals surface area (Å²) in [5.74, 6) is 7.94. The van der Waals surface area contributed by atoms with Crippen LogP contribution in [0.1, 0.15) is 91.4 Å². The molecule has 4 aliphatic carbocycles. The minimum atomic E-state index is 0.503. The molecule has 0 spiro atoms. The standard InChI is InChI=1S/C26H44O/c1-17(2)6-5-7-18(3)21-12-13-26-23(21)14-15-24-22-11-9-20(27-4)16-19(22)8-10-25(24)26/h8,17-18,20-26H,5-7,9-16H2,1-4H3. The highest BCUT2D eigenvalue weighted by molar-refractivity contribution is 5.19. The van der Waals surface area contributed by atoms with Crippen molar-refractivity contribution in [2.45, 2.75) is 97.5 Å².